The Balaban J connectivity index is 2.88. The minimum Gasteiger partial charge on any atom is -0.396 e. The summed E-state index contributed by atoms with van der Waals surface area (Å²) in [6, 6.07) is 2.09. The molecule has 0 aliphatic carbocycles. The third kappa shape index (κ3) is 3.91. The molecule has 0 atom stereocenters. The molecule has 1 rings (SSSR count). The van der Waals surface area contributed by atoms with Crippen LogP contribution in [0.25, 0.3) is 0 Å². The molecular formula is C10H14BrFN2O3S. The van der Waals surface area contributed by atoms with Crippen LogP contribution in [0.5, 0.6) is 0 Å². The highest BCUT2D eigenvalue weighted by molar-refractivity contribution is 9.10. The molecule has 18 heavy (non-hydrogen) atoms. The van der Waals surface area contributed by atoms with Gasteiger partial charge in [-0.3, -0.25) is 0 Å². The molecule has 0 saturated heterocycles. The van der Waals surface area contributed by atoms with Crippen LogP contribution in [0, 0.1) is 5.82 Å². The zero-order valence-electron chi connectivity index (χ0n) is 9.74. The van der Waals surface area contributed by atoms with Gasteiger partial charge in [0.15, 0.2) is 0 Å². The van der Waals surface area contributed by atoms with Crippen LogP contribution in [-0.4, -0.2) is 28.2 Å². The SMILES string of the molecule is CCOCCNS(=O)(=O)c1cc(N)c(F)cc1Br. The Labute approximate surface area is 114 Å². The number of hydrogen-bond acceptors (Lipinski definition) is 4. The maximum Gasteiger partial charge on any atom is 0.241 e. The van der Waals surface area contributed by atoms with Crippen molar-refractivity contribution in [3.63, 3.8) is 0 Å². The van der Waals surface area contributed by atoms with Crippen molar-refractivity contribution in [3.05, 3.63) is 22.4 Å². The molecule has 3 N–H and O–H groups in total. The van der Waals surface area contributed by atoms with Crippen molar-refractivity contribution >= 4 is 31.6 Å². The fourth-order valence-electron chi connectivity index (χ4n) is 1.22. The van der Waals surface area contributed by atoms with Crippen molar-refractivity contribution < 1.29 is 17.5 Å². The van der Waals surface area contributed by atoms with E-state index in [1.165, 1.54) is 0 Å². The normalized spacial score (nSPS) is 11.7. The van der Waals surface area contributed by atoms with E-state index in [9.17, 15) is 12.8 Å². The second kappa shape index (κ2) is 6.46. The molecule has 1 aromatic rings. The Bertz CT molecular complexity index is 522. The maximum absolute atomic E-state index is 13.1. The van der Waals surface area contributed by atoms with E-state index in [0.717, 1.165) is 12.1 Å². The molecular weight excluding hydrogens is 327 g/mol. The van der Waals surface area contributed by atoms with Crippen LogP contribution in [0.4, 0.5) is 10.1 Å². The maximum atomic E-state index is 13.1. The number of nitrogens with one attached hydrogen (secondary N) is 1. The largest absolute Gasteiger partial charge is 0.396 e. The molecule has 0 radical (unpaired) electrons. The van der Waals surface area contributed by atoms with E-state index in [1.54, 1.807) is 0 Å². The molecule has 0 aliphatic heterocycles. The topological polar surface area (TPSA) is 81.4 Å². The lowest BCUT2D eigenvalue weighted by Gasteiger charge is -2.09. The van der Waals surface area contributed by atoms with Gasteiger partial charge in [0.2, 0.25) is 10.0 Å². The number of ether oxygens (including phenoxy) is 1. The van der Waals surface area contributed by atoms with Gasteiger partial charge in [-0.25, -0.2) is 17.5 Å². The molecule has 0 spiro atoms. The second-order valence-corrected chi connectivity index (χ2v) is 5.99. The van der Waals surface area contributed by atoms with Crippen molar-refractivity contribution in [2.75, 3.05) is 25.5 Å². The van der Waals surface area contributed by atoms with E-state index in [-0.39, 0.29) is 28.2 Å². The summed E-state index contributed by atoms with van der Waals surface area (Å²) in [5.41, 5.74) is 5.13. The number of benzene rings is 1. The zero-order chi connectivity index (χ0) is 13.8. The van der Waals surface area contributed by atoms with Gasteiger partial charge in [0.05, 0.1) is 17.2 Å². The highest BCUT2D eigenvalue weighted by atomic mass is 79.9. The smallest absolute Gasteiger partial charge is 0.241 e. The second-order valence-electron chi connectivity index (χ2n) is 3.40. The number of nitrogen functional groups attached to an aromatic ring is 1. The van der Waals surface area contributed by atoms with Gasteiger partial charge in [0.1, 0.15) is 5.82 Å². The minimum absolute atomic E-state index is 0.0992. The Hall–Kier alpha value is -0.700. The van der Waals surface area contributed by atoms with E-state index in [0.29, 0.717) is 6.61 Å². The minimum atomic E-state index is -3.73. The summed E-state index contributed by atoms with van der Waals surface area (Å²) in [6.07, 6.45) is 0. The van der Waals surface area contributed by atoms with Crippen molar-refractivity contribution in [1.82, 2.24) is 4.72 Å². The van der Waals surface area contributed by atoms with Gasteiger partial charge in [-0.1, -0.05) is 0 Å². The Morgan fingerprint density at radius 1 is 1.50 bits per heavy atom. The molecule has 1 aromatic carbocycles. The van der Waals surface area contributed by atoms with Gasteiger partial charge >= 0.3 is 0 Å². The lowest BCUT2D eigenvalue weighted by Crippen LogP contribution is -2.28. The highest BCUT2D eigenvalue weighted by Gasteiger charge is 2.19. The van der Waals surface area contributed by atoms with Gasteiger partial charge in [0, 0.05) is 17.6 Å². The number of anilines is 1. The standard InChI is InChI=1S/C10H14BrFN2O3S/c1-2-17-4-3-14-18(15,16)10-6-9(13)8(12)5-7(10)11/h5-6,14H,2-4,13H2,1H3. The van der Waals surface area contributed by atoms with Crippen LogP contribution >= 0.6 is 15.9 Å². The van der Waals surface area contributed by atoms with Crippen molar-refractivity contribution in [3.8, 4) is 0 Å². The molecule has 0 aliphatic rings. The molecule has 0 fully saturated rings. The predicted molar refractivity (Wildman–Crippen MR) is 70.2 cm³/mol. The van der Waals surface area contributed by atoms with Crippen molar-refractivity contribution in [2.24, 2.45) is 0 Å². The van der Waals surface area contributed by atoms with Crippen molar-refractivity contribution in [2.45, 2.75) is 11.8 Å². The summed E-state index contributed by atoms with van der Waals surface area (Å²) in [6.45, 7) is 2.73. The van der Waals surface area contributed by atoms with Gasteiger partial charge in [0.25, 0.3) is 0 Å². The molecule has 0 saturated carbocycles. The molecule has 0 unspecified atom stereocenters. The number of hydrogen-bond donors (Lipinski definition) is 2. The first-order valence-electron chi connectivity index (χ1n) is 5.20. The quantitative estimate of drug-likeness (QED) is 0.607. The van der Waals surface area contributed by atoms with E-state index in [2.05, 4.69) is 20.7 Å². The summed E-state index contributed by atoms with van der Waals surface area (Å²) in [5, 5.41) is 0. The van der Waals surface area contributed by atoms with Crippen LogP contribution < -0.4 is 10.5 Å². The molecule has 5 nitrogen and oxygen atoms in total. The zero-order valence-corrected chi connectivity index (χ0v) is 12.1. The highest BCUT2D eigenvalue weighted by Crippen LogP contribution is 2.26. The molecule has 8 heteroatoms. The van der Waals surface area contributed by atoms with Gasteiger partial charge < -0.3 is 10.5 Å². The summed E-state index contributed by atoms with van der Waals surface area (Å²) in [5.74, 6) is -0.671. The number of halogens is 2. The Morgan fingerprint density at radius 2 is 2.17 bits per heavy atom. The summed E-state index contributed by atoms with van der Waals surface area (Å²) in [4.78, 5) is -0.0992. The van der Waals surface area contributed by atoms with Gasteiger partial charge in [-0.2, -0.15) is 0 Å². The van der Waals surface area contributed by atoms with Crippen LogP contribution in [0.2, 0.25) is 0 Å². The van der Waals surface area contributed by atoms with Crippen LogP contribution in [0.3, 0.4) is 0 Å². The molecule has 102 valence electrons. The average Bonchev–Trinajstić information content (AvgIpc) is 2.29. The Kier molecular flexibility index (Phi) is 5.51. The van der Waals surface area contributed by atoms with Crippen LogP contribution in [0.15, 0.2) is 21.5 Å². The lowest BCUT2D eigenvalue weighted by atomic mass is 10.3. The fraction of sp³-hybridized carbons (Fsp3) is 0.400. The summed E-state index contributed by atoms with van der Waals surface area (Å²) < 4.78 is 44.4. The number of sulfonamides is 1. The van der Waals surface area contributed by atoms with Crippen LogP contribution in [0.1, 0.15) is 6.92 Å². The van der Waals surface area contributed by atoms with Gasteiger partial charge in [-0.15, -0.1) is 0 Å². The Morgan fingerprint density at radius 3 is 2.78 bits per heavy atom. The first kappa shape index (κ1) is 15.4. The van der Waals surface area contributed by atoms with Crippen molar-refractivity contribution in [1.29, 1.82) is 0 Å². The van der Waals surface area contributed by atoms with E-state index < -0.39 is 15.8 Å². The first-order chi connectivity index (χ1) is 8.38. The fourth-order valence-corrected chi connectivity index (χ4v) is 3.28. The van der Waals surface area contributed by atoms with E-state index >= 15 is 0 Å². The monoisotopic (exact) mass is 340 g/mol. The van der Waals surface area contributed by atoms with Gasteiger partial charge in [-0.05, 0) is 35.0 Å². The molecule has 0 aromatic heterocycles. The predicted octanol–water partition coefficient (Wildman–Crippen LogP) is 1.49. The average molecular weight is 341 g/mol. The lowest BCUT2D eigenvalue weighted by molar-refractivity contribution is 0.153. The first-order valence-corrected chi connectivity index (χ1v) is 7.48. The van der Waals surface area contributed by atoms with E-state index in [4.69, 9.17) is 10.5 Å². The third-order valence-corrected chi connectivity index (χ3v) is 4.50. The number of rotatable bonds is 6. The molecule has 0 amide bonds. The van der Waals surface area contributed by atoms with Crippen LogP contribution in [-0.2, 0) is 14.8 Å². The van der Waals surface area contributed by atoms with E-state index in [1.807, 2.05) is 6.92 Å². The number of nitrogens with two attached hydrogens (primary N) is 1. The molecule has 0 heterocycles. The summed E-state index contributed by atoms with van der Waals surface area (Å²) in [7, 11) is -3.73. The molecule has 0 bridgehead atoms. The summed E-state index contributed by atoms with van der Waals surface area (Å²) >= 11 is 2.99. The third-order valence-electron chi connectivity index (χ3n) is 2.08.